The monoisotopic (exact) mass is 409 g/mol. The summed E-state index contributed by atoms with van der Waals surface area (Å²) in [5.74, 6) is -0.702. The Hall–Kier alpha value is -3.16. The van der Waals surface area contributed by atoms with Crippen molar-refractivity contribution in [3.8, 4) is 5.69 Å². The van der Waals surface area contributed by atoms with Crippen LogP contribution in [-0.4, -0.2) is 44.6 Å². The fourth-order valence-electron chi connectivity index (χ4n) is 4.40. The third-order valence-corrected chi connectivity index (χ3v) is 6.09. The third kappa shape index (κ3) is 3.46. The molecule has 1 aliphatic heterocycles. The van der Waals surface area contributed by atoms with Crippen LogP contribution < -0.4 is 10.6 Å². The lowest BCUT2D eigenvalue weighted by Gasteiger charge is -2.30. The van der Waals surface area contributed by atoms with Crippen LogP contribution in [0.2, 0.25) is 0 Å². The zero-order valence-electron chi connectivity index (χ0n) is 17.6. The van der Waals surface area contributed by atoms with Gasteiger partial charge in [-0.3, -0.25) is 14.5 Å². The summed E-state index contributed by atoms with van der Waals surface area (Å²) in [6.07, 6.45) is 4.15. The van der Waals surface area contributed by atoms with E-state index in [4.69, 9.17) is 0 Å². The van der Waals surface area contributed by atoms with Crippen molar-refractivity contribution in [1.29, 1.82) is 0 Å². The second-order valence-corrected chi connectivity index (χ2v) is 8.31. The van der Waals surface area contributed by atoms with Gasteiger partial charge in [0.2, 0.25) is 5.91 Å². The number of benzene rings is 1. The number of aryl methyl sites for hydroxylation is 2. The lowest BCUT2D eigenvalue weighted by Crippen LogP contribution is -2.48. The van der Waals surface area contributed by atoms with Crippen molar-refractivity contribution in [2.45, 2.75) is 58.4 Å². The molecule has 1 aliphatic carbocycles. The maximum absolute atomic E-state index is 12.9. The highest BCUT2D eigenvalue weighted by atomic mass is 16.2. The van der Waals surface area contributed by atoms with Crippen LogP contribution >= 0.6 is 0 Å². The van der Waals surface area contributed by atoms with E-state index in [2.05, 4.69) is 15.7 Å². The average molecular weight is 409 g/mol. The number of imide groups is 1. The number of anilines is 1. The number of hydrogen-bond acceptors (Lipinski definition) is 4. The molecule has 4 amide bonds. The molecule has 30 heavy (non-hydrogen) atoms. The van der Waals surface area contributed by atoms with Gasteiger partial charge in [-0.25, -0.2) is 9.48 Å². The molecule has 0 unspecified atom stereocenters. The molecule has 1 saturated heterocycles. The second-order valence-electron chi connectivity index (χ2n) is 8.31. The van der Waals surface area contributed by atoms with Crippen molar-refractivity contribution in [3.05, 3.63) is 41.2 Å². The Labute approximate surface area is 175 Å². The number of amides is 4. The minimum Gasteiger partial charge on any atom is -0.323 e. The van der Waals surface area contributed by atoms with Crippen molar-refractivity contribution in [2.75, 3.05) is 11.9 Å². The van der Waals surface area contributed by atoms with Gasteiger partial charge in [-0.1, -0.05) is 37.0 Å². The minimum atomic E-state index is -0.822. The average Bonchev–Trinajstić information content (AvgIpc) is 3.12. The number of carbonyl (C=O) groups excluding carboxylic acids is 3. The smallest absolute Gasteiger partial charge is 0.323 e. The van der Waals surface area contributed by atoms with Crippen LogP contribution in [0.4, 0.5) is 10.5 Å². The summed E-state index contributed by atoms with van der Waals surface area (Å²) in [6, 6.07) is 7.46. The van der Waals surface area contributed by atoms with E-state index in [1.54, 1.807) is 4.68 Å². The Kier molecular flexibility index (Phi) is 5.09. The predicted octanol–water partition coefficient (Wildman–Crippen LogP) is 2.99. The molecule has 1 aromatic heterocycles. The van der Waals surface area contributed by atoms with Crippen LogP contribution in [0, 0.1) is 20.8 Å². The molecule has 1 spiro atoms. The number of urea groups is 1. The lowest BCUT2D eigenvalue weighted by atomic mass is 9.82. The number of carbonyl (C=O) groups is 3. The van der Waals surface area contributed by atoms with Gasteiger partial charge in [-0.15, -0.1) is 0 Å². The highest BCUT2D eigenvalue weighted by molar-refractivity contribution is 6.10. The van der Waals surface area contributed by atoms with Crippen LogP contribution in [0.5, 0.6) is 0 Å². The maximum Gasteiger partial charge on any atom is 0.325 e. The molecular weight excluding hydrogens is 382 g/mol. The van der Waals surface area contributed by atoms with Crippen molar-refractivity contribution in [2.24, 2.45) is 0 Å². The van der Waals surface area contributed by atoms with E-state index in [-0.39, 0.29) is 12.5 Å². The first-order chi connectivity index (χ1) is 14.3. The summed E-state index contributed by atoms with van der Waals surface area (Å²) in [4.78, 5) is 39.0. The first-order valence-corrected chi connectivity index (χ1v) is 10.4. The summed E-state index contributed by atoms with van der Waals surface area (Å²) in [5, 5.41) is 10.2. The SMILES string of the molecule is Cc1ccc(-n2nc(C)c(NC(=O)CN3C(=O)NC4(CCCCC4)C3=O)c2C)cc1. The molecule has 0 radical (unpaired) electrons. The van der Waals surface area contributed by atoms with Gasteiger partial charge in [0.15, 0.2) is 0 Å². The maximum atomic E-state index is 12.9. The number of nitrogens with zero attached hydrogens (tertiary/aromatic N) is 3. The van der Waals surface area contributed by atoms with Gasteiger partial charge >= 0.3 is 6.03 Å². The number of rotatable bonds is 4. The van der Waals surface area contributed by atoms with Gasteiger partial charge in [0, 0.05) is 0 Å². The fraction of sp³-hybridized carbons (Fsp3) is 0.455. The normalized spacial score (nSPS) is 18.0. The van der Waals surface area contributed by atoms with Gasteiger partial charge in [-0.2, -0.15) is 5.10 Å². The summed E-state index contributed by atoms with van der Waals surface area (Å²) in [7, 11) is 0. The molecule has 2 heterocycles. The Morgan fingerprint density at radius 3 is 2.43 bits per heavy atom. The molecule has 2 aliphatic rings. The first kappa shape index (κ1) is 20.1. The van der Waals surface area contributed by atoms with E-state index in [1.807, 2.05) is 45.0 Å². The zero-order valence-corrected chi connectivity index (χ0v) is 17.6. The second kappa shape index (κ2) is 7.59. The number of aromatic nitrogens is 2. The first-order valence-electron chi connectivity index (χ1n) is 10.4. The summed E-state index contributed by atoms with van der Waals surface area (Å²) < 4.78 is 1.77. The van der Waals surface area contributed by atoms with Crippen LogP contribution in [0.15, 0.2) is 24.3 Å². The van der Waals surface area contributed by atoms with Crippen molar-refractivity contribution < 1.29 is 14.4 Å². The van der Waals surface area contributed by atoms with Gasteiger partial charge in [0.25, 0.3) is 5.91 Å². The van der Waals surface area contributed by atoms with E-state index in [0.717, 1.165) is 41.1 Å². The van der Waals surface area contributed by atoms with Crippen LogP contribution in [-0.2, 0) is 9.59 Å². The Bertz CT molecular complexity index is 1000. The quantitative estimate of drug-likeness (QED) is 0.759. The van der Waals surface area contributed by atoms with Gasteiger partial charge in [-0.05, 0) is 45.7 Å². The highest BCUT2D eigenvalue weighted by Crippen LogP contribution is 2.33. The highest BCUT2D eigenvalue weighted by Gasteiger charge is 2.51. The van der Waals surface area contributed by atoms with E-state index in [9.17, 15) is 14.4 Å². The van der Waals surface area contributed by atoms with Crippen LogP contribution in [0.1, 0.15) is 49.1 Å². The molecule has 0 bridgehead atoms. The molecule has 2 fully saturated rings. The van der Waals surface area contributed by atoms with Gasteiger partial charge < -0.3 is 10.6 Å². The van der Waals surface area contributed by atoms with Crippen molar-refractivity contribution >= 4 is 23.5 Å². The van der Waals surface area contributed by atoms with E-state index in [1.165, 1.54) is 0 Å². The molecule has 1 aromatic carbocycles. The minimum absolute atomic E-state index is 0.286. The van der Waals surface area contributed by atoms with Crippen LogP contribution in [0.25, 0.3) is 5.69 Å². The third-order valence-electron chi connectivity index (χ3n) is 6.09. The summed E-state index contributed by atoms with van der Waals surface area (Å²) in [6.45, 7) is 5.41. The standard InChI is InChI=1S/C22H27N5O3/c1-14-7-9-17(10-8-14)27-16(3)19(15(2)25-27)23-18(28)13-26-20(29)22(24-21(26)30)11-5-4-6-12-22/h7-10H,4-6,11-13H2,1-3H3,(H,23,28)(H,24,30). The summed E-state index contributed by atoms with van der Waals surface area (Å²) >= 11 is 0. The number of nitrogens with one attached hydrogen (secondary N) is 2. The van der Waals surface area contributed by atoms with Gasteiger partial charge in [0.05, 0.1) is 22.8 Å². The van der Waals surface area contributed by atoms with Crippen LogP contribution in [0.3, 0.4) is 0 Å². The van der Waals surface area contributed by atoms with Crippen molar-refractivity contribution in [3.63, 3.8) is 0 Å². The van der Waals surface area contributed by atoms with E-state index in [0.29, 0.717) is 24.2 Å². The molecule has 4 rings (SSSR count). The zero-order chi connectivity index (χ0) is 21.5. The fourth-order valence-corrected chi connectivity index (χ4v) is 4.40. The molecule has 8 nitrogen and oxygen atoms in total. The lowest BCUT2D eigenvalue weighted by molar-refractivity contribution is -0.134. The Morgan fingerprint density at radius 1 is 1.10 bits per heavy atom. The van der Waals surface area contributed by atoms with E-state index >= 15 is 0 Å². The Morgan fingerprint density at radius 2 is 1.77 bits per heavy atom. The predicted molar refractivity (Wildman–Crippen MR) is 112 cm³/mol. The largest absolute Gasteiger partial charge is 0.325 e. The topological polar surface area (TPSA) is 96.3 Å². The number of hydrogen-bond donors (Lipinski definition) is 2. The molecule has 158 valence electrons. The van der Waals surface area contributed by atoms with E-state index < -0.39 is 17.5 Å². The van der Waals surface area contributed by atoms with Gasteiger partial charge in [0.1, 0.15) is 12.1 Å². The summed E-state index contributed by atoms with van der Waals surface area (Å²) in [5.41, 5.74) is 3.28. The molecule has 1 saturated carbocycles. The molecule has 0 atom stereocenters. The Balaban J connectivity index is 1.49. The molecule has 8 heteroatoms. The molecule has 2 aromatic rings. The molecular formula is C22H27N5O3. The van der Waals surface area contributed by atoms with Crippen molar-refractivity contribution in [1.82, 2.24) is 20.0 Å². The molecule has 2 N–H and O–H groups in total.